The number of anilines is 1. The molecule has 9 nitrogen and oxygen atoms in total. The third-order valence-corrected chi connectivity index (χ3v) is 3.18. The highest BCUT2D eigenvalue weighted by Gasteiger charge is 2.19. The Morgan fingerprint density at radius 2 is 2.29 bits per heavy atom. The van der Waals surface area contributed by atoms with Gasteiger partial charge in [0.05, 0.1) is 11.9 Å². The predicted molar refractivity (Wildman–Crippen MR) is 72.5 cm³/mol. The Bertz CT molecular complexity index is 739. The van der Waals surface area contributed by atoms with Gasteiger partial charge in [-0.05, 0) is 6.07 Å². The highest BCUT2D eigenvalue weighted by molar-refractivity contribution is 7.51. The van der Waals surface area contributed by atoms with E-state index in [1.165, 1.54) is 16.8 Å². The van der Waals surface area contributed by atoms with Crippen LogP contribution in [0.1, 0.15) is 0 Å². The monoisotopic (exact) mass is 320 g/mol. The molecule has 0 aliphatic heterocycles. The Labute approximate surface area is 117 Å². The zero-order chi connectivity index (χ0) is 15.6. The Balaban J connectivity index is 2.22. The molecule has 0 aliphatic rings. The third-order valence-electron chi connectivity index (χ3n) is 2.70. The van der Waals surface area contributed by atoms with E-state index in [9.17, 15) is 13.8 Å². The summed E-state index contributed by atoms with van der Waals surface area (Å²) in [7, 11) is -4.38. The molecule has 0 saturated heterocycles. The van der Waals surface area contributed by atoms with E-state index in [4.69, 9.17) is 20.3 Å². The van der Waals surface area contributed by atoms with E-state index >= 15 is 0 Å². The first-order chi connectivity index (χ1) is 9.80. The second-order valence-corrected chi connectivity index (χ2v) is 5.98. The van der Waals surface area contributed by atoms with E-state index in [0.717, 1.165) is 0 Å². The van der Waals surface area contributed by atoms with Gasteiger partial charge >= 0.3 is 7.60 Å². The number of fused-ring (bicyclic) bond motifs is 1. The zero-order valence-electron chi connectivity index (χ0n) is 10.8. The average Bonchev–Trinajstić information content (AvgIpc) is 2.76. The van der Waals surface area contributed by atoms with Crippen LogP contribution in [-0.4, -0.2) is 43.4 Å². The molecule has 5 N–H and O–H groups in total. The maximum absolute atomic E-state index is 12.9. The maximum atomic E-state index is 12.9. The van der Waals surface area contributed by atoms with Crippen molar-refractivity contribution in [3.8, 4) is 0 Å². The number of halogens is 1. The fourth-order valence-electron chi connectivity index (χ4n) is 1.81. The second kappa shape index (κ2) is 5.94. The van der Waals surface area contributed by atoms with Gasteiger partial charge in [-0.25, -0.2) is 4.39 Å². The number of ether oxygens (including phenoxy) is 1. The quantitative estimate of drug-likeness (QED) is 0.539. The van der Waals surface area contributed by atoms with E-state index in [2.05, 4.69) is 9.97 Å². The molecule has 0 amide bonds. The van der Waals surface area contributed by atoms with Gasteiger partial charge in [0, 0.05) is 6.20 Å². The van der Waals surface area contributed by atoms with E-state index in [-0.39, 0.29) is 23.5 Å². The number of nitrogens with two attached hydrogens (primary N) is 1. The number of aromatic nitrogens is 3. The second-order valence-electron chi connectivity index (χ2n) is 4.39. The SMILES string of the molecule is Nc1nc2c(ccn2C[C@H](CF)OCP(=O)(O)O)c(=O)[nH]1. The van der Waals surface area contributed by atoms with Crippen molar-refractivity contribution < 1.29 is 23.5 Å². The average molecular weight is 320 g/mol. The number of nitrogens with zero attached hydrogens (tertiary/aromatic N) is 2. The summed E-state index contributed by atoms with van der Waals surface area (Å²) in [6.07, 6.45) is -0.456. The molecular formula is C10H14FN4O5P. The molecule has 0 bridgehead atoms. The highest BCUT2D eigenvalue weighted by Crippen LogP contribution is 2.34. The van der Waals surface area contributed by atoms with Gasteiger partial charge in [-0.1, -0.05) is 0 Å². The largest absolute Gasteiger partial charge is 0.369 e. The van der Waals surface area contributed by atoms with Crippen molar-refractivity contribution in [1.29, 1.82) is 0 Å². The summed E-state index contributed by atoms with van der Waals surface area (Å²) < 4.78 is 29.9. The summed E-state index contributed by atoms with van der Waals surface area (Å²) in [5, 5.41) is 0.275. The first-order valence-electron chi connectivity index (χ1n) is 5.87. The molecule has 2 aromatic rings. The number of nitrogens with one attached hydrogen (secondary N) is 1. The third kappa shape index (κ3) is 3.88. The van der Waals surface area contributed by atoms with E-state index in [0.29, 0.717) is 0 Å². The summed E-state index contributed by atoms with van der Waals surface area (Å²) in [5.74, 6) is -0.0830. The smallest absolute Gasteiger partial charge is 0.350 e. The minimum absolute atomic E-state index is 0.0596. The lowest BCUT2D eigenvalue weighted by molar-refractivity contribution is 0.0446. The topological polar surface area (TPSA) is 143 Å². The minimum atomic E-state index is -4.38. The zero-order valence-corrected chi connectivity index (χ0v) is 11.7. The van der Waals surface area contributed by atoms with Crippen LogP contribution < -0.4 is 11.3 Å². The van der Waals surface area contributed by atoms with Crippen molar-refractivity contribution in [2.75, 3.05) is 18.8 Å². The van der Waals surface area contributed by atoms with Gasteiger partial charge in [-0.2, -0.15) is 4.98 Å². The standard InChI is InChI=1S/C10H14FN4O5P/c11-3-6(20-5-21(17,18)19)4-15-2-1-7-8(15)13-10(12)14-9(7)16/h1-2,6H,3-5H2,(H2,17,18,19)(H3,12,13,14,16)/t6-/m0/s1. The molecule has 0 saturated carbocycles. The highest BCUT2D eigenvalue weighted by atomic mass is 31.2. The lowest BCUT2D eigenvalue weighted by atomic mass is 10.4. The van der Waals surface area contributed by atoms with Crippen LogP contribution in [0.4, 0.5) is 10.3 Å². The van der Waals surface area contributed by atoms with Crippen molar-refractivity contribution in [1.82, 2.24) is 14.5 Å². The fraction of sp³-hybridized carbons (Fsp3) is 0.400. The Hall–Kier alpha value is -1.74. The molecule has 0 fully saturated rings. The predicted octanol–water partition coefficient (Wildman–Crippen LogP) is -0.203. The van der Waals surface area contributed by atoms with Gasteiger partial charge in [-0.3, -0.25) is 14.3 Å². The van der Waals surface area contributed by atoms with Crippen LogP contribution >= 0.6 is 7.60 Å². The van der Waals surface area contributed by atoms with Crippen molar-refractivity contribution in [3.05, 3.63) is 22.6 Å². The van der Waals surface area contributed by atoms with Crippen LogP contribution in [0.2, 0.25) is 0 Å². The van der Waals surface area contributed by atoms with Crippen LogP contribution in [0.3, 0.4) is 0 Å². The van der Waals surface area contributed by atoms with Crippen molar-refractivity contribution in [2.45, 2.75) is 12.6 Å². The van der Waals surface area contributed by atoms with Crippen LogP contribution in [0.15, 0.2) is 17.1 Å². The molecule has 116 valence electrons. The molecule has 0 aliphatic carbocycles. The van der Waals surface area contributed by atoms with E-state index in [1.807, 2.05) is 0 Å². The normalized spacial score (nSPS) is 13.7. The number of hydrogen-bond donors (Lipinski definition) is 4. The Morgan fingerprint density at radius 3 is 2.90 bits per heavy atom. The Kier molecular flexibility index (Phi) is 4.43. The Morgan fingerprint density at radius 1 is 1.57 bits per heavy atom. The molecular weight excluding hydrogens is 306 g/mol. The summed E-state index contributed by atoms with van der Waals surface area (Å²) >= 11 is 0. The first kappa shape index (κ1) is 15.6. The number of alkyl halides is 1. The van der Waals surface area contributed by atoms with Gasteiger partial charge in [0.15, 0.2) is 0 Å². The van der Waals surface area contributed by atoms with Gasteiger partial charge < -0.3 is 24.8 Å². The number of nitrogen functional groups attached to an aromatic ring is 1. The molecule has 11 heteroatoms. The number of rotatable bonds is 6. The van der Waals surface area contributed by atoms with Crippen LogP contribution in [0.5, 0.6) is 0 Å². The molecule has 0 radical (unpaired) electrons. The maximum Gasteiger partial charge on any atom is 0.350 e. The first-order valence-corrected chi connectivity index (χ1v) is 7.66. The number of H-pyrrole nitrogens is 1. The van der Waals surface area contributed by atoms with Crippen LogP contribution in [0, 0.1) is 0 Å². The summed E-state index contributed by atoms with van der Waals surface area (Å²) in [5.41, 5.74) is 5.26. The lowest BCUT2D eigenvalue weighted by Gasteiger charge is -2.16. The summed E-state index contributed by atoms with van der Waals surface area (Å²) in [6.45, 7) is -1.01. The van der Waals surface area contributed by atoms with Crippen molar-refractivity contribution in [2.24, 2.45) is 0 Å². The molecule has 2 heterocycles. The van der Waals surface area contributed by atoms with Crippen LogP contribution in [-0.2, 0) is 15.8 Å². The molecule has 1 atom stereocenters. The lowest BCUT2D eigenvalue weighted by Crippen LogP contribution is -2.23. The molecule has 2 rings (SSSR count). The van der Waals surface area contributed by atoms with Gasteiger partial charge in [-0.15, -0.1) is 0 Å². The van der Waals surface area contributed by atoms with Crippen molar-refractivity contribution in [3.63, 3.8) is 0 Å². The van der Waals surface area contributed by atoms with Crippen molar-refractivity contribution >= 4 is 24.6 Å². The minimum Gasteiger partial charge on any atom is -0.369 e. The molecule has 21 heavy (non-hydrogen) atoms. The molecule has 2 aromatic heterocycles. The summed E-state index contributed by atoms with van der Waals surface area (Å²) in [4.78, 5) is 35.3. The number of aromatic amines is 1. The van der Waals surface area contributed by atoms with Gasteiger partial charge in [0.1, 0.15) is 24.8 Å². The molecule has 0 spiro atoms. The van der Waals surface area contributed by atoms with Gasteiger partial charge in [0.2, 0.25) is 5.95 Å². The number of hydrogen-bond acceptors (Lipinski definition) is 5. The molecule has 0 aromatic carbocycles. The van der Waals surface area contributed by atoms with Crippen LogP contribution in [0.25, 0.3) is 11.0 Å². The summed E-state index contributed by atoms with van der Waals surface area (Å²) in [6, 6.07) is 1.48. The van der Waals surface area contributed by atoms with E-state index in [1.54, 1.807) is 0 Å². The van der Waals surface area contributed by atoms with E-state index < -0.39 is 32.3 Å². The fourth-order valence-corrected chi connectivity index (χ4v) is 2.21. The molecule has 0 unspecified atom stereocenters. The van der Waals surface area contributed by atoms with Gasteiger partial charge in [0.25, 0.3) is 5.56 Å².